The van der Waals surface area contributed by atoms with Crippen LogP contribution in [0.1, 0.15) is 52.4 Å². The molecule has 4 rings (SSSR count). The maximum atomic E-state index is 13.3. The number of aromatic nitrogens is 3. The van der Waals surface area contributed by atoms with Crippen LogP contribution in [-0.2, 0) is 6.54 Å². The number of nitrogen functional groups attached to an aromatic ring is 1. The third-order valence-electron chi connectivity index (χ3n) is 6.61. The first-order valence-electron chi connectivity index (χ1n) is 11.5. The monoisotopic (exact) mass is 419 g/mol. The minimum absolute atomic E-state index is 0.0307. The van der Waals surface area contributed by atoms with Crippen molar-refractivity contribution in [1.82, 2.24) is 19.4 Å². The lowest BCUT2D eigenvalue weighted by atomic mass is 9.97. The van der Waals surface area contributed by atoms with Crippen LogP contribution in [0.2, 0.25) is 0 Å². The molecule has 3 aromatic rings. The number of likely N-dealkylation sites (tertiary alicyclic amines) is 1. The van der Waals surface area contributed by atoms with Crippen molar-refractivity contribution in [2.24, 2.45) is 0 Å². The molecule has 2 aromatic heterocycles. The van der Waals surface area contributed by atoms with E-state index in [2.05, 4.69) is 28.7 Å². The Morgan fingerprint density at radius 2 is 1.77 bits per heavy atom. The Morgan fingerprint density at radius 1 is 1.03 bits per heavy atom. The minimum Gasteiger partial charge on any atom is -0.382 e. The zero-order valence-electron chi connectivity index (χ0n) is 18.6. The summed E-state index contributed by atoms with van der Waals surface area (Å²) in [5, 5.41) is 1.03. The number of piperidine rings is 1. The first kappa shape index (κ1) is 21.5. The standard InChI is InChI=1S/C25H33N5O/c1-18-9-8-10-19(2)29(18)13-6-3-7-14-30-23-12-5-4-11-20(23)15-21(25(30)31)22-16-27-17-24(26)28-22/h4-5,11-12,15-19H,3,6-10,13-14H2,1-2H3,(H2,26,28)/t18-,19+. The number of anilines is 1. The SMILES string of the molecule is C[C@@H]1CCC[C@H](C)N1CCCCCn1c(=O)c(-c2cncc(N)n2)cc2ccccc21. The van der Waals surface area contributed by atoms with Gasteiger partial charge < -0.3 is 10.3 Å². The number of pyridine rings is 1. The molecule has 6 nitrogen and oxygen atoms in total. The molecule has 1 aliphatic heterocycles. The molecule has 3 heterocycles. The third-order valence-corrected chi connectivity index (χ3v) is 6.61. The highest BCUT2D eigenvalue weighted by molar-refractivity contribution is 5.83. The van der Waals surface area contributed by atoms with E-state index in [9.17, 15) is 4.79 Å². The van der Waals surface area contributed by atoms with Crippen molar-refractivity contribution in [3.63, 3.8) is 0 Å². The van der Waals surface area contributed by atoms with Gasteiger partial charge in [-0.2, -0.15) is 0 Å². The van der Waals surface area contributed by atoms with Crippen LogP contribution >= 0.6 is 0 Å². The summed E-state index contributed by atoms with van der Waals surface area (Å²) in [4.78, 5) is 24.4. The van der Waals surface area contributed by atoms with E-state index in [0.29, 0.717) is 35.7 Å². The lowest BCUT2D eigenvalue weighted by Gasteiger charge is -2.39. The molecule has 1 saturated heterocycles. The molecule has 2 N–H and O–H groups in total. The van der Waals surface area contributed by atoms with Gasteiger partial charge in [-0.25, -0.2) is 4.98 Å². The van der Waals surface area contributed by atoms with Crippen LogP contribution in [0, 0.1) is 0 Å². The summed E-state index contributed by atoms with van der Waals surface area (Å²) >= 11 is 0. The zero-order valence-corrected chi connectivity index (χ0v) is 18.6. The van der Waals surface area contributed by atoms with E-state index in [4.69, 9.17) is 5.73 Å². The van der Waals surface area contributed by atoms with Gasteiger partial charge in [-0.1, -0.05) is 31.0 Å². The van der Waals surface area contributed by atoms with E-state index in [0.717, 1.165) is 30.3 Å². The van der Waals surface area contributed by atoms with Gasteiger partial charge in [0.25, 0.3) is 5.56 Å². The highest BCUT2D eigenvalue weighted by Crippen LogP contribution is 2.23. The predicted molar refractivity (Wildman–Crippen MR) is 127 cm³/mol. The average Bonchev–Trinajstić information content (AvgIpc) is 2.76. The van der Waals surface area contributed by atoms with Gasteiger partial charge in [0.2, 0.25) is 0 Å². The first-order valence-corrected chi connectivity index (χ1v) is 11.5. The Hall–Kier alpha value is -2.73. The van der Waals surface area contributed by atoms with Crippen molar-refractivity contribution in [2.75, 3.05) is 12.3 Å². The second kappa shape index (κ2) is 9.60. The Bertz CT molecular complexity index is 1080. The molecule has 0 spiro atoms. The quantitative estimate of drug-likeness (QED) is 0.572. The van der Waals surface area contributed by atoms with Crippen molar-refractivity contribution >= 4 is 16.7 Å². The van der Waals surface area contributed by atoms with Crippen molar-refractivity contribution < 1.29 is 0 Å². The molecule has 0 unspecified atom stereocenters. The van der Waals surface area contributed by atoms with Crippen LogP contribution in [0.3, 0.4) is 0 Å². The smallest absolute Gasteiger partial charge is 0.260 e. The molecule has 31 heavy (non-hydrogen) atoms. The average molecular weight is 420 g/mol. The molecule has 0 aliphatic carbocycles. The highest BCUT2D eigenvalue weighted by Gasteiger charge is 2.23. The molecule has 0 radical (unpaired) electrons. The second-order valence-corrected chi connectivity index (χ2v) is 8.83. The van der Waals surface area contributed by atoms with Crippen LogP contribution in [0.15, 0.2) is 47.5 Å². The zero-order chi connectivity index (χ0) is 21.8. The second-order valence-electron chi connectivity index (χ2n) is 8.83. The predicted octanol–water partition coefficient (Wildman–Crippen LogP) is 4.47. The van der Waals surface area contributed by atoms with Crippen LogP contribution in [0.5, 0.6) is 0 Å². The molecule has 6 heteroatoms. The molecular formula is C25H33N5O. The lowest BCUT2D eigenvalue weighted by molar-refractivity contribution is 0.101. The van der Waals surface area contributed by atoms with Crippen LogP contribution < -0.4 is 11.3 Å². The molecular weight excluding hydrogens is 386 g/mol. The van der Waals surface area contributed by atoms with Crippen LogP contribution in [-0.4, -0.2) is 38.1 Å². The van der Waals surface area contributed by atoms with Gasteiger partial charge in [0.15, 0.2) is 0 Å². The number of para-hydroxylation sites is 1. The normalized spacial score (nSPS) is 19.7. The fourth-order valence-electron chi connectivity index (χ4n) is 4.90. The minimum atomic E-state index is -0.0307. The number of nitrogens with two attached hydrogens (primary N) is 1. The molecule has 164 valence electrons. The first-order chi connectivity index (χ1) is 15.0. The summed E-state index contributed by atoms with van der Waals surface area (Å²) in [6.07, 6.45) is 10.3. The topological polar surface area (TPSA) is 77.0 Å². The number of rotatable bonds is 7. The molecule has 1 aromatic carbocycles. The summed E-state index contributed by atoms with van der Waals surface area (Å²) in [6.45, 7) is 6.56. The number of hydrogen-bond acceptors (Lipinski definition) is 5. The van der Waals surface area contributed by atoms with Crippen molar-refractivity contribution in [3.8, 4) is 11.3 Å². The van der Waals surface area contributed by atoms with E-state index in [1.165, 1.54) is 31.9 Å². The molecule has 1 aliphatic rings. The Balaban J connectivity index is 1.49. The Kier molecular flexibility index (Phi) is 6.66. The highest BCUT2D eigenvalue weighted by atomic mass is 16.1. The molecule has 0 bridgehead atoms. The van der Waals surface area contributed by atoms with Gasteiger partial charge >= 0.3 is 0 Å². The van der Waals surface area contributed by atoms with Gasteiger partial charge in [0, 0.05) is 18.6 Å². The summed E-state index contributed by atoms with van der Waals surface area (Å²) in [5.74, 6) is 0.317. The number of unbranched alkanes of at least 4 members (excludes halogenated alkanes) is 2. The Labute approximate surface area is 184 Å². The summed E-state index contributed by atoms with van der Waals surface area (Å²) in [7, 11) is 0. The van der Waals surface area contributed by atoms with E-state index in [-0.39, 0.29) is 5.56 Å². The largest absolute Gasteiger partial charge is 0.382 e. The number of fused-ring (bicyclic) bond motifs is 1. The van der Waals surface area contributed by atoms with Crippen LogP contribution in [0.4, 0.5) is 5.82 Å². The fraction of sp³-hybridized carbons (Fsp3) is 0.480. The third kappa shape index (κ3) is 4.79. The number of nitrogens with zero attached hydrogens (tertiary/aromatic N) is 4. The van der Waals surface area contributed by atoms with Gasteiger partial charge in [0.05, 0.1) is 29.2 Å². The number of aryl methyl sites for hydroxylation is 1. The number of benzene rings is 1. The van der Waals surface area contributed by atoms with Gasteiger partial charge in [-0.15, -0.1) is 0 Å². The lowest BCUT2D eigenvalue weighted by Crippen LogP contribution is -2.44. The van der Waals surface area contributed by atoms with E-state index < -0.39 is 0 Å². The summed E-state index contributed by atoms with van der Waals surface area (Å²) in [6, 6.07) is 11.3. The van der Waals surface area contributed by atoms with Crippen molar-refractivity contribution in [2.45, 2.75) is 71.0 Å². The van der Waals surface area contributed by atoms with Crippen molar-refractivity contribution in [1.29, 1.82) is 0 Å². The maximum absolute atomic E-state index is 13.3. The molecule has 1 fully saturated rings. The fourth-order valence-corrected chi connectivity index (χ4v) is 4.90. The van der Waals surface area contributed by atoms with Gasteiger partial charge in [-0.3, -0.25) is 14.7 Å². The summed E-state index contributed by atoms with van der Waals surface area (Å²) < 4.78 is 1.89. The van der Waals surface area contributed by atoms with Crippen molar-refractivity contribution in [3.05, 3.63) is 53.1 Å². The molecule has 2 atom stereocenters. The summed E-state index contributed by atoms with van der Waals surface area (Å²) in [5.41, 5.74) is 7.81. The van der Waals surface area contributed by atoms with E-state index in [1.54, 1.807) is 6.20 Å². The van der Waals surface area contributed by atoms with E-state index >= 15 is 0 Å². The van der Waals surface area contributed by atoms with E-state index in [1.807, 2.05) is 34.9 Å². The molecule has 0 saturated carbocycles. The van der Waals surface area contributed by atoms with Gasteiger partial charge in [-0.05, 0) is 63.6 Å². The number of hydrogen-bond donors (Lipinski definition) is 1. The molecule has 0 amide bonds. The maximum Gasteiger partial charge on any atom is 0.260 e. The van der Waals surface area contributed by atoms with Gasteiger partial charge in [0.1, 0.15) is 5.82 Å². The van der Waals surface area contributed by atoms with Crippen LogP contribution in [0.25, 0.3) is 22.2 Å². The Morgan fingerprint density at radius 3 is 2.55 bits per heavy atom.